The normalized spacial score (nSPS) is 22.7. The van der Waals surface area contributed by atoms with E-state index in [-0.39, 0.29) is 12.1 Å². The summed E-state index contributed by atoms with van der Waals surface area (Å²) in [6.45, 7) is 3.17. The quantitative estimate of drug-likeness (QED) is 0.476. The van der Waals surface area contributed by atoms with E-state index in [2.05, 4.69) is 14.6 Å². The molecule has 2 saturated heterocycles. The number of aromatic nitrogens is 1. The average Bonchev–Trinajstić information content (AvgIpc) is 2.73. The van der Waals surface area contributed by atoms with Crippen LogP contribution in [0.5, 0.6) is 0 Å². The van der Waals surface area contributed by atoms with Gasteiger partial charge in [-0.15, -0.1) is 0 Å². The summed E-state index contributed by atoms with van der Waals surface area (Å²) in [5, 5.41) is 14.2. The number of carboxylic acids is 2. The summed E-state index contributed by atoms with van der Waals surface area (Å²) in [7, 11) is -3.24. The largest absolute Gasteiger partial charge is 0.490 e. The van der Waals surface area contributed by atoms with Crippen LogP contribution in [0.1, 0.15) is 18.4 Å². The standard InChI is InChI=1S/C15H23N3O3S.2C2HF3O2/c1-22(19,20)17-14-11-18(9-12-4-6-16-7-5-12)10-13-3-2-8-21-15(13)14;2*3-2(4,5)1(6)7/h4-7,13-15,17H,2-3,8-11H2,1H3;2*(H,6,7)/t13-,14+,15-;;/m0../s1. The number of aliphatic carboxylic acids is 2. The lowest BCUT2D eigenvalue weighted by Crippen LogP contribution is -2.60. The van der Waals surface area contributed by atoms with Crippen molar-refractivity contribution in [1.29, 1.82) is 0 Å². The monoisotopic (exact) mass is 553 g/mol. The second-order valence-electron chi connectivity index (χ2n) is 7.89. The third-order valence-electron chi connectivity index (χ3n) is 4.84. The first kappa shape index (κ1) is 31.5. The van der Waals surface area contributed by atoms with Crippen molar-refractivity contribution in [2.24, 2.45) is 5.92 Å². The van der Waals surface area contributed by atoms with Crippen molar-refractivity contribution < 1.29 is 59.3 Å². The molecule has 3 atom stereocenters. The van der Waals surface area contributed by atoms with Crippen molar-refractivity contribution in [1.82, 2.24) is 14.6 Å². The van der Waals surface area contributed by atoms with E-state index in [0.717, 1.165) is 32.5 Å². The zero-order valence-electron chi connectivity index (χ0n) is 18.8. The molecule has 36 heavy (non-hydrogen) atoms. The second kappa shape index (κ2) is 13.2. The van der Waals surface area contributed by atoms with Gasteiger partial charge in [0.15, 0.2) is 0 Å². The smallest absolute Gasteiger partial charge is 0.475 e. The molecule has 2 aliphatic heterocycles. The lowest BCUT2D eigenvalue weighted by molar-refractivity contribution is -0.193. The minimum absolute atomic E-state index is 0.00262. The number of nitrogens with zero attached hydrogens (tertiary/aromatic N) is 2. The van der Waals surface area contributed by atoms with E-state index in [9.17, 15) is 34.8 Å². The molecule has 3 N–H and O–H groups in total. The van der Waals surface area contributed by atoms with Crippen molar-refractivity contribution in [2.45, 2.75) is 43.9 Å². The van der Waals surface area contributed by atoms with E-state index in [1.165, 1.54) is 11.8 Å². The number of sulfonamides is 1. The number of alkyl halides is 6. The van der Waals surface area contributed by atoms with Gasteiger partial charge in [0.05, 0.1) is 18.4 Å². The summed E-state index contributed by atoms with van der Waals surface area (Å²) in [6, 6.07) is 3.83. The van der Waals surface area contributed by atoms with Crippen LogP contribution in [0.3, 0.4) is 0 Å². The number of fused-ring (bicyclic) bond motifs is 1. The molecule has 2 fully saturated rings. The highest BCUT2D eigenvalue weighted by atomic mass is 32.2. The Morgan fingerprint density at radius 2 is 1.58 bits per heavy atom. The Morgan fingerprint density at radius 1 is 1.08 bits per heavy atom. The Balaban J connectivity index is 0.000000383. The number of carbonyl (C=O) groups is 2. The Hall–Kier alpha value is -2.50. The first-order valence-electron chi connectivity index (χ1n) is 10.2. The number of hydrogen-bond acceptors (Lipinski definition) is 7. The van der Waals surface area contributed by atoms with E-state index in [0.29, 0.717) is 12.5 Å². The fraction of sp³-hybridized carbons (Fsp3) is 0.632. The van der Waals surface area contributed by atoms with Gasteiger partial charge in [0.25, 0.3) is 0 Å². The van der Waals surface area contributed by atoms with Crippen molar-refractivity contribution in [3.63, 3.8) is 0 Å². The summed E-state index contributed by atoms with van der Waals surface area (Å²) < 4.78 is 95.4. The summed E-state index contributed by atoms with van der Waals surface area (Å²) >= 11 is 0. The molecule has 1 aromatic rings. The van der Waals surface area contributed by atoms with E-state index < -0.39 is 34.3 Å². The van der Waals surface area contributed by atoms with Crippen LogP contribution in [0, 0.1) is 5.92 Å². The third kappa shape index (κ3) is 12.0. The van der Waals surface area contributed by atoms with Crippen LogP contribution in [-0.4, -0.2) is 90.9 Å². The second-order valence-corrected chi connectivity index (χ2v) is 9.67. The van der Waals surface area contributed by atoms with Gasteiger partial charge in [0, 0.05) is 38.6 Å². The van der Waals surface area contributed by atoms with E-state index >= 15 is 0 Å². The lowest BCUT2D eigenvalue weighted by Gasteiger charge is -2.45. The summed E-state index contributed by atoms with van der Waals surface area (Å²) in [5.74, 6) is -5.12. The first-order chi connectivity index (χ1) is 16.4. The molecule has 0 spiro atoms. The highest BCUT2D eigenvalue weighted by molar-refractivity contribution is 7.88. The topological polar surface area (TPSA) is 146 Å². The molecule has 0 amide bonds. The van der Waals surface area contributed by atoms with Crippen LogP contribution in [0.2, 0.25) is 0 Å². The van der Waals surface area contributed by atoms with Gasteiger partial charge in [0.1, 0.15) is 0 Å². The van der Waals surface area contributed by atoms with Crippen LogP contribution in [-0.2, 0) is 30.9 Å². The van der Waals surface area contributed by atoms with Gasteiger partial charge in [-0.3, -0.25) is 9.88 Å². The van der Waals surface area contributed by atoms with E-state index in [1.807, 2.05) is 12.1 Å². The van der Waals surface area contributed by atoms with Gasteiger partial charge in [-0.2, -0.15) is 26.3 Å². The molecule has 0 unspecified atom stereocenters. The average molecular weight is 553 g/mol. The van der Waals surface area contributed by atoms with Gasteiger partial charge >= 0.3 is 24.3 Å². The number of rotatable bonds is 4. The number of pyridine rings is 1. The van der Waals surface area contributed by atoms with Crippen molar-refractivity contribution in [2.75, 3.05) is 26.0 Å². The molecule has 0 saturated carbocycles. The zero-order valence-corrected chi connectivity index (χ0v) is 19.6. The number of halogens is 6. The number of ether oxygens (including phenoxy) is 1. The molecule has 3 heterocycles. The SMILES string of the molecule is CS(=O)(=O)N[C@@H]1CN(Cc2ccncc2)C[C@@H]2CCCO[C@@H]21.O=C(O)C(F)(F)F.O=C(O)C(F)(F)F. The lowest BCUT2D eigenvalue weighted by atomic mass is 9.85. The highest BCUT2D eigenvalue weighted by Crippen LogP contribution is 2.29. The molecule has 17 heteroatoms. The number of nitrogens with one attached hydrogen (secondary N) is 1. The maximum Gasteiger partial charge on any atom is 0.490 e. The predicted molar refractivity (Wildman–Crippen MR) is 111 cm³/mol. The van der Waals surface area contributed by atoms with Crippen LogP contribution in [0.25, 0.3) is 0 Å². The Kier molecular flexibility index (Phi) is 11.5. The van der Waals surface area contributed by atoms with Crippen LogP contribution in [0.4, 0.5) is 26.3 Å². The van der Waals surface area contributed by atoms with Gasteiger partial charge in [-0.25, -0.2) is 22.7 Å². The van der Waals surface area contributed by atoms with Crippen molar-refractivity contribution in [3.8, 4) is 0 Å². The summed E-state index contributed by atoms with van der Waals surface area (Å²) in [5.41, 5.74) is 1.20. The summed E-state index contributed by atoms with van der Waals surface area (Å²) in [6.07, 6.45) is -3.23. The molecule has 2 aliphatic rings. The highest BCUT2D eigenvalue weighted by Gasteiger charge is 2.40. The Bertz CT molecular complexity index is 937. The number of piperidine rings is 1. The summed E-state index contributed by atoms with van der Waals surface area (Å²) in [4.78, 5) is 24.1. The Morgan fingerprint density at radius 3 is 2.03 bits per heavy atom. The molecule has 10 nitrogen and oxygen atoms in total. The van der Waals surface area contributed by atoms with Crippen LogP contribution >= 0.6 is 0 Å². The van der Waals surface area contributed by atoms with Gasteiger partial charge in [-0.05, 0) is 36.5 Å². The van der Waals surface area contributed by atoms with E-state index in [4.69, 9.17) is 24.5 Å². The van der Waals surface area contributed by atoms with Crippen LogP contribution in [0.15, 0.2) is 24.5 Å². The van der Waals surface area contributed by atoms with E-state index in [1.54, 1.807) is 12.4 Å². The molecule has 0 aromatic carbocycles. The molecular formula is C19H25F6N3O7S. The fourth-order valence-electron chi connectivity index (χ4n) is 3.55. The maximum atomic E-state index is 11.6. The maximum absolute atomic E-state index is 11.6. The first-order valence-corrected chi connectivity index (χ1v) is 12.1. The molecule has 3 rings (SSSR count). The van der Waals surface area contributed by atoms with Gasteiger partial charge in [0.2, 0.25) is 10.0 Å². The number of hydrogen-bond donors (Lipinski definition) is 3. The third-order valence-corrected chi connectivity index (χ3v) is 5.58. The van der Waals surface area contributed by atoms with Crippen molar-refractivity contribution >= 4 is 22.0 Å². The molecule has 0 aliphatic carbocycles. The molecule has 0 bridgehead atoms. The number of likely N-dealkylation sites (tertiary alicyclic amines) is 1. The Labute approximate surface area is 202 Å². The minimum Gasteiger partial charge on any atom is -0.475 e. The van der Waals surface area contributed by atoms with Gasteiger partial charge in [-0.1, -0.05) is 0 Å². The minimum atomic E-state index is -5.08. The fourth-order valence-corrected chi connectivity index (χ4v) is 4.31. The molecule has 1 aromatic heterocycles. The molecule has 206 valence electrons. The molecule has 0 radical (unpaired) electrons. The van der Waals surface area contributed by atoms with Crippen molar-refractivity contribution in [3.05, 3.63) is 30.1 Å². The molecular weight excluding hydrogens is 528 g/mol. The predicted octanol–water partition coefficient (Wildman–Crippen LogP) is 1.88. The van der Waals surface area contributed by atoms with Gasteiger partial charge < -0.3 is 14.9 Å². The zero-order chi connectivity index (χ0) is 27.7. The van der Waals surface area contributed by atoms with Crippen LogP contribution < -0.4 is 4.72 Å². The number of carboxylic acid groups (broad SMARTS) is 2.